The molecule has 0 spiro atoms. The molecule has 13 heavy (non-hydrogen) atoms. The second-order valence-corrected chi connectivity index (χ2v) is 4.38. The van der Waals surface area contributed by atoms with Crippen LogP contribution < -0.4 is 5.32 Å². The van der Waals surface area contributed by atoms with Crippen molar-refractivity contribution in [2.45, 2.75) is 58.0 Å². The quantitative estimate of drug-likeness (QED) is 0.657. The van der Waals surface area contributed by atoms with Crippen molar-refractivity contribution < 1.29 is 0 Å². The largest absolute Gasteiger partial charge is 0.308 e. The van der Waals surface area contributed by atoms with Gasteiger partial charge in [0, 0.05) is 12.1 Å². The molecule has 2 atom stereocenters. The first-order valence-electron chi connectivity index (χ1n) is 5.62. The maximum Gasteiger partial charge on any atom is 0.0221 e. The van der Waals surface area contributed by atoms with Gasteiger partial charge in [-0.2, -0.15) is 0 Å². The highest BCUT2D eigenvalue weighted by atomic mass is 14.9. The molecule has 1 aliphatic carbocycles. The van der Waals surface area contributed by atoms with Gasteiger partial charge in [0.1, 0.15) is 0 Å². The SMILES string of the molecule is C=CC(C)NC(C)C1CCCCC1. The van der Waals surface area contributed by atoms with Crippen LogP contribution in [0, 0.1) is 5.92 Å². The van der Waals surface area contributed by atoms with E-state index in [1.165, 1.54) is 32.1 Å². The lowest BCUT2D eigenvalue weighted by molar-refractivity contribution is 0.275. The van der Waals surface area contributed by atoms with E-state index >= 15 is 0 Å². The Morgan fingerprint density at radius 1 is 1.23 bits per heavy atom. The zero-order valence-electron chi connectivity index (χ0n) is 9.05. The summed E-state index contributed by atoms with van der Waals surface area (Å²) in [6, 6.07) is 1.12. The Kier molecular flexibility index (Phi) is 4.51. The van der Waals surface area contributed by atoms with Gasteiger partial charge in [0.05, 0.1) is 0 Å². The van der Waals surface area contributed by atoms with Crippen LogP contribution in [0.5, 0.6) is 0 Å². The fraction of sp³-hybridized carbons (Fsp3) is 0.833. The third-order valence-electron chi connectivity index (χ3n) is 3.24. The molecule has 1 rings (SSSR count). The van der Waals surface area contributed by atoms with Gasteiger partial charge in [0.25, 0.3) is 0 Å². The summed E-state index contributed by atoms with van der Waals surface area (Å²) < 4.78 is 0. The van der Waals surface area contributed by atoms with Crippen LogP contribution in [0.4, 0.5) is 0 Å². The lowest BCUT2D eigenvalue weighted by atomic mass is 9.84. The van der Waals surface area contributed by atoms with E-state index in [1.54, 1.807) is 0 Å². The van der Waals surface area contributed by atoms with E-state index in [9.17, 15) is 0 Å². The monoisotopic (exact) mass is 181 g/mol. The number of nitrogens with one attached hydrogen (secondary N) is 1. The molecule has 0 aromatic heterocycles. The molecule has 2 unspecified atom stereocenters. The van der Waals surface area contributed by atoms with Crippen LogP contribution in [0.3, 0.4) is 0 Å². The van der Waals surface area contributed by atoms with Gasteiger partial charge in [-0.1, -0.05) is 25.3 Å². The summed E-state index contributed by atoms with van der Waals surface area (Å²) in [5.74, 6) is 0.899. The van der Waals surface area contributed by atoms with Gasteiger partial charge in [0.2, 0.25) is 0 Å². The molecule has 0 aliphatic heterocycles. The standard InChI is InChI=1S/C12H23N/c1-4-10(2)13-11(3)12-8-6-5-7-9-12/h4,10-13H,1,5-9H2,2-3H3. The molecule has 76 valence electrons. The first-order valence-corrected chi connectivity index (χ1v) is 5.62. The maximum atomic E-state index is 3.80. The van der Waals surface area contributed by atoms with Crippen molar-refractivity contribution in [3.05, 3.63) is 12.7 Å². The van der Waals surface area contributed by atoms with E-state index in [-0.39, 0.29) is 0 Å². The summed E-state index contributed by atoms with van der Waals surface area (Å²) in [7, 11) is 0. The van der Waals surface area contributed by atoms with Gasteiger partial charge in [0.15, 0.2) is 0 Å². The number of hydrogen-bond acceptors (Lipinski definition) is 1. The summed E-state index contributed by atoms with van der Waals surface area (Å²) >= 11 is 0. The third kappa shape index (κ3) is 3.51. The highest BCUT2D eigenvalue weighted by Gasteiger charge is 2.20. The number of rotatable bonds is 4. The van der Waals surface area contributed by atoms with Crippen LogP contribution in [0.25, 0.3) is 0 Å². The van der Waals surface area contributed by atoms with Crippen molar-refractivity contribution in [1.82, 2.24) is 5.32 Å². The summed E-state index contributed by atoms with van der Waals surface area (Å²) in [5, 5.41) is 3.58. The van der Waals surface area contributed by atoms with Crippen molar-refractivity contribution in [2.24, 2.45) is 5.92 Å². The molecule has 0 heterocycles. The highest BCUT2D eigenvalue weighted by molar-refractivity contribution is 4.86. The van der Waals surface area contributed by atoms with Gasteiger partial charge in [-0.05, 0) is 32.6 Å². The molecule has 0 saturated heterocycles. The fourth-order valence-electron chi connectivity index (χ4n) is 2.25. The van der Waals surface area contributed by atoms with Crippen LogP contribution in [-0.2, 0) is 0 Å². The van der Waals surface area contributed by atoms with Gasteiger partial charge in [-0.15, -0.1) is 6.58 Å². The lowest BCUT2D eigenvalue weighted by Crippen LogP contribution is -2.39. The minimum atomic E-state index is 0.455. The van der Waals surface area contributed by atoms with Crippen molar-refractivity contribution in [2.75, 3.05) is 0 Å². The molecule has 0 amide bonds. The van der Waals surface area contributed by atoms with Gasteiger partial charge < -0.3 is 5.32 Å². The Labute approximate surface area is 82.6 Å². The van der Waals surface area contributed by atoms with Crippen molar-refractivity contribution >= 4 is 0 Å². The predicted octanol–water partition coefficient (Wildman–Crippen LogP) is 3.12. The zero-order valence-corrected chi connectivity index (χ0v) is 9.05. The fourth-order valence-corrected chi connectivity index (χ4v) is 2.25. The zero-order chi connectivity index (χ0) is 9.68. The Hall–Kier alpha value is -0.300. The Morgan fingerprint density at radius 3 is 2.38 bits per heavy atom. The van der Waals surface area contributed by atoms with Crippen molar-refractivity contribution in [1.29, 1.82) is 0 Å². The Balaban J connectivity index is 2.28. The van der Waals surface area contributed by atoms with Crippen LogP contribution in [0.15, 0.2) is 12.7 Å². The van der Waals surface area contributed by atoms with E-state index < -0.39 is 0 Å². The first-order chi connectivity index (χ1) is 6.24. The average molecular weight is 181 g/mol. The van der Waals surface area contributed by atoms with Crippen LogP contribution in [-0.4, -0.2) is 12.1 Å². The lowest BCUT2D eigenvalue weighted by Gasteiger charge is -2.29. The second-order valence-electron chi connectivity index (χ2n) is 4.38. The summed E-state index contributed by atoms with van der Waals surface area (Å²) in [5.41, 5.74) is 0. The van der Waals surface area contributed by atoms with E-state index in [4.69, 9.17) is 0 Å². The second kappa shape index (κ2) is 5.43. The predicted molar refractivity (Wildman–Crippen MR) is 58.8 cm³/mol. The van der Waals surface area contributed by atoms with E-state index in [2.05, 4.69) is 25.7 Å². The average Bonchev–Trinajstić information content (AvgIpc) is 2.19. The molecule has 0 radical (unpaired) electrons. The maximum absolute atomic E-state index is 3.80. The molecule has 1 nitrogen and oxygen atoms in total. The summed E-state index contributed by atoms with van der Waals surface area (Å²) in [6.07, 6.45) is 9.12. The molecule has 1 saturated carbocycles. The van der Waals surface area contributed by atoms with Crippen LogP contribution in [0.2, 0.25) is 0 Å². The van der Waals surface area contributed by atoms with E-state index in [0.717, 1.165) is 5.92 Å². The Bertz CT molecular complexity index is 147. The molecular weight excluding hydrogens is 158 g/mol. The molecule has 0 aromatic carbocycles. The summed E-state index contributed by atoms with van der Waals surface area (Å²) in [4.78, 5) is 0. The summed E-state index contributed by atoms with van der Waals surface area (Å²) in [6.45, 7) is 8.28. The highest BCUT2D eigenvalue weighted by Crippen LogP contribution is 2.26. The van der Waals surface area contributed by atoms with Crippen LogP contribution in [0.1, 0.15) is 46.0 Å². The van der Waals surface area contributed by atoms with E-state index in [1.807, 2.05) is 6.08 Å². The molecule has 1 N–H and O–H groups in total. The minimum absolute atomic E-state index is 0.455. The molecule has 0 bridgehead atoms. The molecule has 1 heteroatoms. The van der Waals surface area contributed by atoms with Gasteiger partial charge >= 0.3 is 0 Å². The van der Waals surface area contributed by atoms with Crippen molar-refractivity contribution in [3.63, 3.8) is 0 Å². The topological polar surface area (TPSA) is 12.0 Å². The van der Waals surface area contributed by atoms with E-state index in [0.29, 0.717) is 12.1 Å². The Morgan fingerprint density at radius 2 is 1.85 bits per heavy atom. The molecular formula is C12H23N. The minimum Gasteiger partial charge on any atom is -0.308 e. The normalized spacial score (nSPS) is 23.8. The number of hydrogen-bond donors (Lipinski definition) is 1. The van der Waals surface area contributed by atoms with Gasteiger partial charge in [-0.25, -0.2) is 0 Å². The van der Waals surface area contributed by atoms with Crippen LogP contribution >= 0.6 is 0 Å². The molecule has 1 aliphatic rings. The van der Waals surface area contributed by atoms with Crippen molar-refractivity contribution in [3.8, 4) is 0 Å². The van der Waals surface area contributed by atoms with Gasteiger partial charge in [-0.3, -0.25) is 0 Å². The molecule has 1 fully saturated rings. The third-order valence-corrected chi connectivity index (χ3v) is 3.24. The molecule has 0 aromatic rings. The first kappa shape index (κ1) is 10.8. The smallest absolute Gasteiger partial charge is 0.0221 e.